The summed E-state index contributed by atoms with van der Waals surface area (Å²) in [4.78, 5) is 42.7. The Morgan fingerprint density at radius 1 is 1.23 bits per heavy atom. The van der Waals surface area contributed by atoms with Crippen molar-refractivity contribution >= 4 is 34.7 Å². The molecule has 1 aliphatic heterocycles. The van der Waals surface area contributed by atoms with Crippen LogP contribution in [0.5, 0.6) is 0 Å². The van der Waals surface area contributed by atoms with Gasteiger partial charge in [-0.2, -0.15) is 0 Å². The molecule has 1 aromatic heterocycles. The fourth-order valence-electron chi connectivity index (χ4n) is 3.74. The highest BCUT2D eigenvalue weighted by molar-refractivity contribution is 7.12. The number of carbonyl (C=O) groups excluding carboxylic acids is 3. The smallest absolute Gasteiger partial charge is 0.264 e. The maximum Gasteiger partial charge on any atom is 0.264 e. The molecule has 0 unspecified atom stereocenters. The van der Waals surface area contributed by atoms with Crippen molar-refractivity contribution in [2.75, 3.05) is 38.7 Å². The summed E-state index contributed by atoms with van der Waals surface area (Å²) in [6, 6.07) is 8.76. The van der Waals surface area contributed by atoms with Crippen molar-refractivity contribution < 1.29 is 19.1 Å². The minimum absolute atomic E-state index is 0.0902. The lowest BCUT2D eigenvalue weighted by Gasteiger charge is -2.30. The summed E-state index contributed by atoms with van der Waals surface area (Å²) in [5.41, 5.74) is 2.81. The van der Waals surface area contributed by atoms with Gasteiger partial charge in [0.2, 0.25) is 11.8 Å². The molecule has 0 aliphatic carbocycles. The summed E-state index contributed by atoms with van der Waals surface area (Å²) in [5, 5.41) is 4.76. The number of anilines is 1. The zero-order valence-corrected chi connectivity index (χ0v) is 19.0. The maximum absolute atomic E-state index is 13.3. The number of benzene rings is 1. The van der Waals surface area contributed by atoms with E-state index in [1.807, 2.05) is 43.5 Å². The molecule has 1 aliphatic rings. The number of amides is 3. The van der Waals surface area contributed by atoms with Gasteiger partial charge in [-0.15, -0.1) is 11.3 Å². The average Bonchev–Trinajstić information content (AvgIpc) is 3.45. The van der Waals surface area contributed by atoms with Gasteiger partial charge < -0.3 is 19.9 Å². The zero-order chi connectivity index (χ0) is 22.4. The average molecular weight is 444 g/mol. The highest BCUT2D eigenvalue weighted by atomic mass is 32.1. The Kier molecular flexibility index (Phi) is 7.81. The third-order valence-electron chi connectivity index (χ3n) is 5.62. The molecule has 1 saturated heterocycles. The van der Waals surface area contributed by atoms with E-state index >= 15 is 0 Å². The fraction of sp³-hybridized carbons (Fsp3) is 0.435. The van der Waals surface area contributed by atoms with E-state index < -0.39 is 6.04 Å². The number of ether oxygens (including phenoxy) is 1. The molecular formula is C23H29N3O4S. The first-order chi connectivity index (χ1) is 14.9. The van der Waals surface area contributed by atoms with E-state index in [0.29, 0.717) is 24.4 Å². The number of hydrogen-bond donors (Lipinski definition) is 1. The summed E-state index contributed by atoms with van der Waals surface area (Å²) in [6.45, 7) is 4.98. The molecule has 0 bridgehead atoms. The second-order valence-corrected chi connectivity index (χ2v) is 8.63. The minimum Gasteiger partial charge on any atom is -0.383 e. The van der Waals surface area contributed by atoms with E-state index in [-0.39, 0.29) is 30.8 Å². The quantitative estimate of drug-likeness (QED) is 0.680. The fourth-order valence-corrected chi connectivity index (χ4v) is 4.42. The van der Waals surface area contributed by atoms with Gasteiger partial charge in [0, 0.05) is 25.9 Å². The number of aryl methyl sites for hydroxylation is 1. The summed E-state index contributed by atoms with van der Waals surface area (Å²) >= 11 is 1.37. The lowest BCUT2D eigenvalue weighted by molar-refractivity contribution is -0.138. The van der Waals surface area contributed by atoms with Gasteiger partial charge in [0.15, 0.2) is 0 Å². The molecule has 1 fully saturated rings. The minimum atomic E-state index is -0.556. The number of methoxy groups -OCH3 is 1. The molecule has 0 saturated carbocycles. The number of thiophene rings is 1. The van der Waals surface area contributed by atoms with Gasteiger partial charge in [0.1, 0.15) is 12.6 Å². The summed E-state index contributed by atoms with van der Waals surface area (Å²) in [5.74, 6) is -0.611. The van der Waals surface area contributed by atoms with Crippen LogP contribution in [-0.4, -0.2) is 66.9 Å². The molecule has 3 rings (SSSR count). The first kappa shape index (κ1) is 23.0. The first-order valence-corrected chi connectivity index (χ1v) is 11.3. The number of nitrogens with zero attached hydrogens (tertiary/aromatic N) is 2. The molecule has 0 radical (unpaired) electrons. The van der Waals surface area contributed by atoms with Crippen molar-refractivity contribution in [2.45, 2.75) is 32.7 Å². The van der Waals surface area contributed by atoms with E-state index in [0.717, 1.165) is 23.2 Å². The maximum atomic E-state index is 13.3. The summed E-state index contributed by atoms with van der Waals surface area (Å²) in [6.07, 6.45) is 1.36. The van der Waals surface area contributed by atoms with Gasteiger partial charge in [-0.25, -0.2) is 0 Å². The van der Waals surface area contributed by atoms with Crippen molar-refractivity contribution in [3.05, 3.63) is 51.7 Å². The van der Waals surface area contributed by atoms with Gasteiger partial charge in [-0.05, 0) is 55.3 Å². The monoisotopic (exact) mass is 443 g/mol. The van der Waals surface area contributed by atoms with Crippen molar-refractivity contribution in [3.8, 4) is 0 Å². The molecule has 1 N–H and O–H groups in total. The third-order valence-corrected chi connectivity index (χ3v) is 6.48. The van der Waals surface area contributed by atoms with Crippen LogP contribution >= 0.6 is 11.3 Å². The van der Waals surface area contributed by atoms with E-state index in [9.17, 15) is 14.4 Å². The Morgan fingerprint density at radius 2 is 2.03 bits per heavy atom. The van der Waals surface area contributed by atoms with Gasteiger partial charge >= 0.3 is 0 Å². The molecule has 166 valence electrons. The highest BCUT2D eigenvalue weighted by Gasteiger charge is 2.37. The molecule has 8 heteroatoms. The molecule has 2 aromatic rings. The molecule has 1 atom stereocenters. The Hall–Kier alpha value is -2.71. The predicted octanol–water partition coefficient (Wildman–Crippen LogP) is 3.08. The topological polar surface area (TPSA) is 79.0 Å². The van der Waals surface area contributed by atoms with Crippen LogP contribution in [0.2, 0.25) is 0 Å². The van der Waals surface area contributed by atoms with E-state index in [1.165, 1.54) is 16.2 Å². The Labute approximate surface area is 187 Å². The van der Waals surface area contributed by atoms with Crippen LogP contribution in [0.25, 0.3) is 0 Å². The molecular weight excluding hydrogens is 414 g/mol. The number of hydrogen-bond acceptors (Lipinski definition) is 5. The number of nitrogens with one attached hydrogen (secondary N) is 1. The van der Waals surface area contributed by atoms with Gasteiger partial charge in [-0.3, -0.25) is 14.4 Å². The Bertz CT molecular complexity index is 929. The van der Waals surface area contributed by atoms with Crippen LogP contribution in [0.1, 0.15) is 33.6 Å². The Balaban J connectivity index is 1.71. The summed E-state index contributed by atoms with van der Waals surface area (Å²) < 4.78 is 5.15. The van der Waals surface area contributed by atoms with E-state index in [4.69, 9.17) is 4.74 Å². The van der Waals surface area contributed by atoms with Crippen LogP contribution in [0.4, 0.5) is 5.69 Å². The number of carbonyl (C=O) groups is 3. The summed E-state index contributed by atoms with van der Waals surface area (Å²) in [7, 11) is 1.56. The van der Waals surface area contributed by atoms with Crippen LogP contribution in [0.3, 0.4) is 0 Å². The zero-order valence-electron chi connectivity index (χ0n) is 18.2. The van der Waals surface area contributed by atoms with Crippen molar-refractivity contribution in [2.24, 2.45) is 0 Å². The number of rotatable bonds is 8. The van der Waals surface area contributed by atoms with Crippen molar-refractivity contribution in [1.29, 1.82) is 0 Å². The third kappa shape index (κ3) is 5.51. The highest BCUT2D eigenvalue weighted by Crippen LogP contribution is 2.24. The van der Waals surface area contributed by atoms with Crippen LogP contribution in [0, 0.1) is 13.8 Å². The van der Waals surface area contributed by atoms with Crippen molar-refractivity contribution in [3.63, 3.8) is 0 Å². The first-order valence-electron chi connectivity index (χ1n) is 10.4. The molecule has 1 aromatic carbocycles. The van der Waals surface area contributed by atoms with Crippen LogP contribution < -0.4 is 5.32 Å². The molecule has 2 heterocycles. The second kappa shape index (κ2) is 10.5. The van der Waals surface area contributed by atoms with Crippen LogP contribution in [-0.2, 0) is 14.3 Å². The Morgan fingerprint density at radius 3 is 2.74 bits per heavy atom. The lowest BCUT2D eigenvalue weighted by atomic mass is 10.1. The van der Waals surface area contributed by atoms with Gasteiger partial charge in [0.25, 0.3) is 5.91 Å². The van der Waals surface area contributed by atoms with E-state index in [1.54, 1.807) is 18.1 Å². The van der Waals surface area contributed by atoms with Crippen molar-refractivity contribution in [1.82, 2.24) is 9.80 Å². The molecule has 7 nitrogen and oxygen atoms in total. The molecule has 0 spiro atoms. The predicted molar refractivity (Wildman–Crippen MR) is 121 cm³/mol. The lowest BCUT2D eigenvalue weighted by Crippen LogP contribution is -2.50. The molecule has 31 heavy (non-hydrogen) atoms. The normalized spacial score (nSPS) is 15.7. The standard InChI is InChI=1S/C23H29N3O4S/c1-16-7-4-8-18(17(16)2)24-21(27)15-25(12-13-30-3)22(28)19-9-5-11-26(19)23(29)20-10-6-14-31-20/h4,6-8,10,14,19H,5,9,11-13,15H2,1-3H3,(H,24,27)/t19-/m1/s1. The SMILES string of the molecule is COCCN(CC(=O)Nc1cccc(C)c1C)C(=O)[C@H]1CCCN1C(=O)c1cccs1. The van der Waals surface area contributed by atoms with Crippen LogP contribution in [0.15, 0.2) is 35.7 Å². The largest absolute Gasteiger partial charge is 0.383 e. The molecule has 3 amide bonds. The van der Waals surface area contributed by atoms with Gasteiger partial charge in [0.05, 0.1) is 11.5 Å². The second-order valence-electron chi connectivity index (χ2n) is 7.68. The van der Waals surface area contributed by atoms with Gasteiger partial charge in [-0.1, -0.05) is 18.2 Å². The number of likely N-dealkylation sites (tertiary alicyclic amines) is 1. The van der Waals surface area contributed by atoms with E-state index in [2.05, 4.69) is 5.32 Å².